The van der Waals surface area contributed by atoms with E-state index >= 15 is 0 Å². The monoisotopic (exact) mass is 217 g/mol. The van der Waals surface area contributed by atoms with E-state index < -0.39 is 7.32 Å². The van der Waals surface area contributed by atoms with Crippen molar-refractivity contribution in [2.45, 2.75) is 39.5 Å². The van der Waals surface area contributed by atoms with E-state index in [2.05, 4.69) is 13.8 Å². The van der Waals surface area contributed by atoms with Gasteiger partial charge in [0.15, 0.2) is 0 Å². The highest BCUT2D eigenvalue weighted by molar-refractivity contribution is 6.36. The fourth-order valence-electron chi connectivity index (χ4n) is 0.956. The molecule has 0 aliphatic heterocycles. The van der Waals surface area contributed by atoms with Crippen LogP contribution in [0.15, 0.2) is 0 Å². The van der Waals surface area contributed by atoms with Gasteiger partial charge in [0, 0.05) is 26.4 Å². The van der Waals surface area contributed by atoms with Crippen molar-refractivity contribution in [2.24, 2.45) is 5.73 Å². The summed E-state index contributed by atoms with van der Waals surface area (Å²) in [4.78, 5) is 0. The smallest absolute Gasteiger partial charge is 0.386 e. The zero-order valence-corrected chi connectivity index (χ0v) is 10.0. The fourth-order valence-corrected chi connectivity index (χ4v) is 0.956. The molecule has 90 valence electrons. The first-order valence-electron chi connectivity index (χ1n) is 5.90. The Morgan fingerprint density at radius 3 is 1.73 bits per heavy atom. The van der Waals surface area contributed by atoms with Crippen molar-refractivity contribution in [3.05, 3.63) is 0 Å². The molecule has 0 amide bonds. The lowest BCUT2D eigenvalue weighted by atomic mass is 10.2. The van der Waals surface area contributed by atoms with Gasteiger partial charge in [0.05, 0.1) is 0 Å². The first-order valence-corrected chi connectivity index (χ1v) is 5.90. The molecule has 0 aliphatic rings. The molecule has 0 bridgehead atoms. The summed E-state index contributed by atoms with van der Waals surface area (Å²) < 4.78 is 16.2. The molecule has 0 atom stereocenters. The van der Waals surface area contributed by atoms with Gasteiger partial charge in [-0.1, -0.05) is 26.7 Å². The summed E-state index contributed by atoms with van der Waals surface area (Å²) in [5.41, 5.74) is 5.35. The summed E-state index contributed by atoms with van der Waals surface area (Å²) in [7, 11) is -0.536. The highest BCUT2D eigenvalue weighted by Gasteiger charge is 2.20. The SMILES string of the molecule is CCCCOB(OCCN)OCCCC. The van der Waals surface area contributed by atoms with Gasteiger partial charge in [0.1, 0.15) is 0 Å². The van der Waals surface area contributed by atoms with Crippen LogP contribution in [0.4, 0.5) is 0 Å². The Morgan fingerprint density at radius 1 is 0.867 bits per heavy atom. The lowest BCUT2D eigenvalue weighted by Crippen LogP contribution is -2.30. The molecule has 0 heterocycles. The molecule has 0 unspecified atom stereocenters. The van der Waals surface area contributed by atoms with Crippen molar-refractivity contribution in [1.82, 2.24) is 0 Å². The van der Waals surface area contributed by atoms with E-state index in [1.165, 1.54) is 0 Å². The van der Waals surface area contributed by atoms with Gasteiger partial charge in [-0.2, -0.15) is 0 Å². The molecule has 0 aliphatic carbocycles. The third-order valence-electron chi connectivity index (χ3n) is 1.88. The molecule has 0 spiro atoms. The Balaban J connectivity index is 3.53. The molecule has 0 saturated carbocycles. The minimum absolute atomic E-state index is 0.475. The lowest BCUT2D eigenvalue weighted by molar-refractivity contribution is 0.0933. The normalized spacial score (nSPS) is 10.6. The van der Waals surface area contributed by atoms with E-state index in [0.717, 1.165) is 25.7 Å². The molecule has 5 heteroatoms. The van der Waals surface area contributed by atoms with Crippen molar-refractivity contribution in [1.29, 1.82) is 0 Å². The Kier molecular flexibility index (Phi) is 11.9. The number of hydrogen-bond donors (Lipinski definition) is 1. The van der Waals surface area contributed by atoms with E-state index in [1.807, 2.05) is 0 Å². The molecule has 15 heavy (non-hydrogen) atoms. The zero-order chi connectivity index (χ0) is 11.4. The summed E-state index contributed by atoms with van der Waals surface area (Å²) in [6.45, 7) is 6.57. The fraction of sp³-hybridized carbons (Fsp3) is 1.00. The number of unbranched alkanes of at least 4 members (excludes halogenated alkanes) is 2. The van der Waals surface area contributed by atoms with Crippen LogP contribution in [-0.4, -0.2) is 33.7 Å². The van der Waals surface area contributed by atoms with Gasteiger partial charge >= 0.3 is 7.32 Å². The first-order chi connectivity index (χ1) is 7.35. The zero-order valence-electron chi connectivity index (χ0n) is 10.0. The summed E-state index contributed by atoms with van der Waals surface area (Å²) in [6.07, 6.45) is 4.27. The van der Waals surface area contributed by atoms with Crippen LogP contribution in [0.25, 0.3) is 0 Å². The maximum atomic E-state index is 5.43. The van der Waals surface area contributed by atoms with Crippen molar-refractivity contribution >= 4 is 7.32 Å². The van der Waals surface area contributed by atoms with Crippen LogP contribution in [0.2, 0.25) is 0 Å². The number of hydrogen-bond acceptors (Lipinski definition) is 4. The van der Waals surface area contributed by atoms with Crippen LogP contribution in [-0.2, 0) is 14.0 Å². The van der Waals surface area contributed by atoms with Gasteiger partial charge in [-0.3, -0.25) is 0 Å². The van der Waals surface area contributed by atoms with E-state index in [-0.39, 0.29) is 0 Å². The minimum Gasteiger partial charge on any atom is -0.386 e. The van der Waals surface area contributed by atoms with Crippen LogP contribution in [0.1, 0.15) is 39.5 Å². The molecule has 0 rings (SSSR count). The Morgan fingerprint density at radius 2 is 1.33 bits per heavy atom. The largest absolute Gasteiger partial charge is 0.639 e. The second-order valence-corrected chi connectivity index (χ2v) is 3.40. The van der Waals surface area contributed by atoms with E-state index in [1.54, 1.807) is 0 Å². The molecular formula is C10H24BNO3. The quantitative estimate of drug-likeness (QED) is 0.421. The number of rotatable bonds is 11. The third kappa shape index (κ3) is 10.2. The highest BCUT2D eigenvalue weighted by Crippen LogP contribution is 1.98. The second-order valence-electron chi connectivity index (χ2n) is 3.40. The summed E-state index contributed by atoms with van der Waals surface area (Å²) in [5, 5.41) is 0. The standard InChI is InChI=1S/C10H24BNO3/c1-3-5-8-13-11(15-10-7-12)14-9-6-4-2/h3-10,12H2,1-2H3. The van der Waals surface area contributed by atoms with E-state index in [0.29, 0.717) is 26.4 Å². The van der Waals surface area contributed by atoms with Crippen molar-refractivity contribution in [3.63, 3.8) is 0 Å². The van der Waals surface area contributed by atoms with Gasteiger partial charge < -0.3 is 19.7 Å². The van der Waals surface area contributed by atoms with Gasteiger partial charge in [0.25, 0.3) is 0 Å². The Hall–Kier alpha value is -0.0951. The molecule has 0 aromatic heterocycles. The predicted molar refractivity (Wildman–Crippen MR) is 62.5 cm³/mol. The second kappa shape index (κ2) is 12.0. The Labute approximate surface area is 93.6 Å². The van der Waals surface area contributed by atoms with Crippen molar-refractivity contribution < 1.29 is 14.0 Å². The number of nitrogens with two attached hydrogens (primary N) is 1. The molecule has 0 fully saturated rings. The summed E-state index contributed by atoms with van der Waals surface area (Å²) in [5.74, 6) is 0. The molecule has 0 aromatic carbocycles. The molecular weight excluding hydrogens is 193 g/mol. The predicted octanol–water partition coefficient (Wildman–Crippen LogP) is 1.58. The first kappa shape index (κ1) is 14.9. The molecule has 0 saturated heterocycles. The van der Waals surface area contributed by atoms with Gasteiger partial charge in [-0.05, 0) is 12.8 Å². The van der Waals surface area contributed by atoms with Crippen LogP contribution < -0.4 is 5.73 Å². The highest BCUT2D eigenvalue weighted by atomic mass is 16.7. The van der Waals surface area contributed by atoms with E-state index in [4.69, 9.17) is 19.7 Å². The maximum Gasteiger partial charge on any atom is 0.639 e. The van der Waals surface area contributed by atoms with Gasteiger partial charge in [-0.25, -0.2) is 0 Å². The minimum atomic E-state index is -0.536. The summed E-state index contributed by atoms with van der Waals surface area (Å²) in [6, 6.07) is 0. The average Bonchev–Trinajstić information content (AvgIpc) is 2.25. The van der Waals surface area contributed by atoms with Gasteiger partial charge in [0.2, 0.25) is 0 Å². The lowest BCUT2D eigenvalue weighted by Gasteiger charge is -2.13. The molecule has 4 nitrogen and oxygen atoms in total. The van der Waals surface area contributed by atoms with Crippen LogP contribution in [0.3, 0.4) is 0 Å². The van der Waals surface area contributed by atoms with Crippen LogP contribution in [0.5, 0.6) is 0 Å². The maximum absolute atomic E-state index is 5.43. The molecule has 0 aromatic rings. The summed E-state index contributed by atoms with van der Waals surface area (Å²) >= 11 is 0. The average molecular weight is 217 g/mol. The van der Waals surface area contributed by atoms with Gasteiger partial charge in [-0.15, -0.1) is 0 Å². The topological polar surface area (TPSA) is 53.7 Å². The van der Waals surface area contributed by atoms with Crippen molar-refractivity contribution in [2.75, 3.05) is 26.4 Å². The molecule has 2 N–H and O–H groups in total. The van der Waals surface area contributed by atoms with Crippen molar-refractivity contribution in [3.8, 4) is 0 Å². The molecule has 0 radical (unpaired) electrons. The van der Waals surface area contributed by atoms with Crippen LogP contribution >= 0.6 is 0 Å². The third-order valence-corrected chi connectivity index (χ3v) is 1.88. The van der Waals surface area contributed by atoms with E-state index in [9.17, 15) is 0 Å². The Bertz CT molecular complexity index is 117. The van der Waals surface area contributed by atoms with Crippen LogP contribution in [0, 0.1) is 0 Å².